The van der Waals surface area contributed by atoms with E-state index in [9.17, 15) is 18.0 Å². The van der Waals surface area contributed by atoms with Gasteiger partial charge in [0.05, 0.1) is 9.23 Å². The standard InChI is InChI=1S/C14H13ClN2O5S2/c1-8(22-14(19)11-5-6-12(15)23-11)13(18)17-9-3-2-4-10(7-9)24(16,20)21/h2-8H,1H3,(H,17,18)(H2,16,20,21). The van der Waals surface area contributed by atoms with Crippen molar-refractivity contribution in [2.45, 2.75) is 17.9 Å². The largest absolute Gasteiger partial charge is 0.448 e. The van der Waals surface area contributed by atoms with Gasteiger partial charge in [0.2, 0.25) is 10.0 Å². The summed E-state index contributed by atoms with van der Waals surface area (Å²) in [6, 6.07) is 8.47. The first-order valence-electron chi connectivity index (χ1n) is 6.57. The van der Waals surface area contributed by atoms with Gasteiger partial charge < -0.3 is 10.1 Å². The topological polar surface area (TPSA) is 116 Å². The van der Waals surface area contributed by atoms with E-state index >= 15 is 0 Å². The van der Waals surface area contributed by atoms with Crippen molar-refractivity contribution in [3.63, 3.8) is 0 Å². The third kappa shape index (κ3) is 4.78. The third-order valence-electron chi connectivity index (χ3n) is 2.86. The molecule has 1 amide bonds. The Hall–Kier alpha value is -1.94. The number of hydrogen-bond donors (Lipinski definition) is 2. The van der Waals surface area contributed by atoms with Crippen LogP contribution in [0.3, 0.4) is 0 Å². The highest BCUT2D eigenvalue weighted by Gasteiger charge is 2.20. The molecule has 128 valence electrons. The Balaban J connectivity index is 2.03. The monoisotopic (exact) mass is 388 g/mol. The molecule has 0 aliphatic heterocycles. The van der Waals surface area contributed by atoms with Crippen LogP contribution in [0.15, 0.2) is 41.3 Å². The molecule has 0 saturated heterocycles. The molecule has 10 heteroatoms. The Morgan fingerprint density at radius 1 is 1.29 bits per heavy atom. The summed E-state index contributed by atoms with van der Waals surface area (Å²) in [4.78, 5) is 24.1. The number of ether oxygens (including phenoxy) is 1. The fourth-order valence-electron chi connectivity index (χ4n) is 1.69. The quantitative estimate of drug-likeness (QED) is 0.762. The van der Waals surface area contributed by atoms with Gasteiger partial charge in [-0.15, -0.1) is 11.3 Å². The number of rotatable bonds is 5. The van der Waals surface area contributed by atoms with Gasteiger partial charge in [-0.2, -0.15) is 0 Å². The lowest BCUT2D eigenvalue weighted by atomic mass is 10.3. The molecule has 1 aromatic carbocycles. The van der Waals surface area contributed by atoms with E-state index < -0.39 is 28.0 Å². The lowest BCUT2D eigenvalue weighted by Gasteiger charge is -2.13. The zero-order valence-corrected chi connectivity index (χ0v) is 14.7. The van der Waals surface area contributed by atoms with Crippen LogP contribution in [-0.2, 0) is 19.6 Å². The van der Waals surface area contributed by atoms with Crippen molar-refractivity contribution in [2.24, 2.45) is 5.14 Å². The van der Waals surface area contributed by atoms with E-state index in [1.807, 2.05) is 0 Å². The second-order valence-electron chi connectivity index (χ2n) is 4.71. The average Bonchev–Trinajstić information content (AvgIpc) is 2.93. The van der Waals surface area contributed by atoms with Gasteiger partial charge in [-0.3, -0.25) is 4.79 Å². The van der Waals surface area contributed by atoms with Crippen LogP contribution in [0, 0.1) is 0 Å². The zero-order chi connectivity index (χ0) is 17.9. The summed E-state index contributed by atoms with van der Waals surface area (Å²) in [5, 5.41) is 7.49. The van der Waals surface area contributed by atoms with E-state index in [4.69, 9.17) is 21.5 Å². The first kappa shape index (κ1) is 18.4. The van der Waals surface area contributed by atoms with Crippen molar-refractivity contribution >= 4 is 50.5 Å². The number of benzene rings is 1. The Morgan fingerprint density at radius 2 is 2.00 bits per heavy atom. The molecule has 2 rings (SSSR count). The second kappa shape index (κ2) is 7.31. The molecule has 7 nitrogen and oxygen atoms in total. The molecule has 24 heavy (non-hydrogen) atoms. The number of nitrogens with one attached hydrogen (secondary N) is 1. The maximum atomic E-state index is 12.1. The summed E-state index contributed by atoms with van der Waals surface area (Å²) in [7, 11) is -3.88. The molecular formula is C14H13ClN2O5S2. The fraction of sp³-hybridized carbons (Fsp3) is 0.143. The Morgan fingerprint density at radius 3 is 2.58 bits per heavy atom. The van der Waals surface area contributed by atoms with E-state index in [1.165, 1.54) is 37.3 Å². The molecule has 0 bridgehead atoms. The summed E-state index contributed by atoms with van der Waals surface area (Å²) in [5.74, 6) is -1.29. The van der Waals surface area contributed by atoms with Gasteiger partial charge in [0, 0.05) is 5.69 Å². The number of nitrogens with two attached hydrogens (primary N) is 1. The maximum Gasteiger partial charge on any atom is 0.349 e. The SMILES string of the molecule is CC(OC(=O)c1ccc(Cl)s1)C(=O)Nc1cccc(S(N)(=O)=O)c1. The van der Waals surface area contributed by atoms with Crippen molar-refractivity contribution in [2.75, 3.05) is 5.32 Å². The van der Waals surface area contributed by atoms with Gasteiger partial charge in [-0.1, -0.05) is 17.7 Å². The predicted octanol–water partition coefficient (Wildman–Crippen LogP) is 2.23. The number of primary sulfonamides is 1. The van der Waals surface area contributed by atoms with E-state index in [1.54, 1.807) is 6.07 Å². The molecule has 0 aliphatic rings. The summed E-state index contributed by atoms with van der Waals surface area (Å²) in [5.41, 5.74) is 0.216. The smallest absolute Gasteiger partial charge is 0.349 e. The lowest BCUT2D eigenvalue weighted by molar-refractivity contribution is -0.123. The molecule has 2 aromatic rings. The van der Waals surface area contributed by atoms with Crippen LogP contribution < -0.4 is 10.5 Å². The summed E-state index contributed by atoms with van der Waals surface area (Å²) in [6.07, 6.45) is -1.09. The summed E-state index contributed by atoms with van der Waals surface area (Å²) >= 11 is 6.77. The van der Waals surface area contributed by atoms with Gasteiger partial charge in [0.15, 0.2) is 6.10 Å². The van der Waals surface area contributed by atoms with E-state index in [-0.39, 0.29) is 15.5 Å². The third-order valence-corrected chi connectivity index (χ3v) is 4.98. The number of anilines is 1. The van der Waals surface area contributed by atoms with Crippen molar-refractivity contribution < 1.29 is 22.7 Å². The van der Waals surface area contributed by atoms with Crippen LogP contribution in [0.25, 0.3) is 0 Å². The van der Waals surface area contributed by atoms with Gasteiger partial charge in [0.1, 0.15) is 4.88 Å². The molecule has 0 saturated carbocycles. The number of thiophene rings is 1. The Bertz CT molecular complexity index is 879. The molecule has 1 atom stereocenters. The number of carbonyl (C=O) groups excluding carboxylic acids is 2. The van der Waals surface area contributed by atoms with Crippen molar-refractivity contribution in [3.8, 4) is 0 Å². The number of hydrogen-bond acceptors (Lipinski definition) is 6. The van der Waals surface area contributed by atoms with Crippen molar-refractivity contribution in [1.82, 2.24) is 0 Å². The molecule has 0 radical (unpaired) electrons. The minimum Gasteiger partial charge on any atom is -0.448 e. The van der Waals surface area contributed by atoms with E-state index in [0.717, 1.165) is 11.3 Å². The molecule has 3 N–H and O–H groups in total. The van der Waals surface area contributed by atoms with Gasteiger partial charge in [-0.05, 0) is 37.3 Å². The van der Waals surface area contributed by atoms with Crippen LogP contribution in [0.1, 0.15) is 16.6 Å². The Kier molecular flexibility index (Phi) is 5.60. The molecule has 0 aliphatic carbocycles. The molecule has 0 spiro atoms. The molecule has 1 aromatic heterocycles. The lowest BCUT2D eigenvalue weighted by Crippen LogP contribution is -2.29. The van der Waals surface area contributed by atoms with Crippen LogP contribution >= 0.6 is 22.9 Å². The molecular weight excluding hydrogens is 376 g/mol. The normalized spacial score (nSPS) is 12.5. The number of carbonyl (C=O) groups is 2. The molecule has 0 fully saturated rings. The van der Waals surface area contributed by atoms with Crippen molar-refractivity contribution in [1.29, 1.82) is 0 Å². The number of sulfonamides is 1. The van der Waals surface area contributed by atoms with Crippen LogP contribution in [-0.4, -0.2) is 26.4 Å². The minimum absolute atomic E-state index is 0.141. The minimum atomic E-state index is -3.88. The predicted molar refractivity (Wildman–Crippen MR) is 90.7 cm³/mol. The summed E-state index contributed by atoms with van der Waals surface area (Å²) < 4.78 is 28.1. The Labute approximate surface area is 147 Å². The first-order valence-corrected chi connectivity index (χ1v) is 9.31. The van der Waals surface area contributed by atoms with Crippen LogP contribution in [0.2, 0.25) is 4.34 Å². The van der Waals surface area contributed by atoms with Crippen molar-refractivity contribution in [3.05, 3.63) is 45.6 Å². The second-order valence-corrected chi connectivity index (χ2v) is 7.99. The maximum absolute atomic E-state index is 12.1. The number of esters is 1. The van der Waals surface area contributed by atoms with E-state index in [0.29, 0.717) is 4.34 Å². The highest BCUT2D eigenvalue weighted by molar-refractivity contribution is 7.89. The van der Waals surface area contributed by atoms with Crippen LogP contribution in [0.4, 0.5) is 5.69 Å². The molecule has 1 heterocycles. The zero-order valence-electron chi connectivity index (χ0n) is 12.4. The first-order chi connectivity index (χ1) is 11.2. The van der Waals surface area contributed by atoms with E-state index in [2.05, 4.69) is 5.32 Å². The van der Waals surface area contributed by atoms with Gasteiger partial charge >= 0.3 is 5.97 Å². The number of amides is 1. The highest BCUT2D eigenvalue weighted by Crippen LogP contribution is 2.22. The fourth-order valence-corrected chi connectivity index (χ4v) is 3.18. The number of halogens is 1. The summed E-state index contributed by atoms with van der Waals surface area (Å²) in [6.45, 7) is 1.39. The van der Waals surface area contributed by atoms with Gasteiger partial charge in [0.25, 0.3) is 5.91 Å². The average molecular weight is 389 g/mol. The highest BCUT2D eigenvalue weighted by atomic mass is 35.5. The molecule has 1 unspecified atom stereocenters. The van der Waals surface area contributed by atoms with Gasteiger partial charge in [-0.25, -0.2) is 18.4 Å². The van der Waals surface area contributed by atoms with Crippen LogP contribution in [0.5, 0.6) is 0 Å².